The molecule has 0 unspecified atom stereocenters. The summed E-state index contributed by atoms with van der Waals surface area (Å²) in [5.74, 6) is 1.11. The van der Waals surface area contributed by atoms with E-state index in [1.165, 1.54) is 64.5 Å². The number of aromatic nitrogens is 3. The average Bonchev–Trinajstić information content (AvgIpc) is 3.19. The number of rotatable bonds is 2. The summed E-state index contributed by atoms with van der Waals surface area (Å²) in [4.78, 5) is 7.23. The Bertz CT molecular complexity index is 497. The molecule has 1 N–H and O–H groups in total. The molecule has 0 bridgehead atoms. The molecule has 116 valence electrons. The Kier molecular flexibility index (Phi) is 3.30. The Morgan fingerprint density at radius 2 is 1.86 bits per heavy atom. The molecule has 5 heteroatoms. The van der Waals surface area contributed by atoms with E-state index in [4.69, 9.17) is 0 Å². The lowest BCUT2D eigenvalue weighted by atomic mass is 9.84. The van der Waals surface area contributed by atoms with Crippen molar-refractivity contribution in [2.75, 3.05) is 13.1 Å². The highest BCUT2D eigenvalue weighted by molar-refractivity contribution is 5.09. The van der Waals surface area contributed by atoms with E-state index in [0.29, 0.717) is 11.1 Å². The van der Waals surface area contributed by atoms with Crippen LogP contribution in [0.3, 0.4) is 0 Å². The van der Waals surface area contributed by atoms with Gasteiger partial charge in [0.15, 0.2) is 0 Å². The Morgan fingerprint density at radius 1 is 1.14 bits per heavy atom. The fraction of sp³-hybridized carbons (Fsp3) is 0.875. The van der Waals surface area contributed by atoms with Crippen LogP contribution in [0.5, 0.6) is 0 Å². The summed E-state index contributed by atoms with van der Waals surface area (Å²) in [7, 11) is 2.01. The first-order valence-corrected chi connectivity index (χ1v) is 8.55. The molecule has 2 saturated carbocycles. The van der Waals surface area contributed by atoms with Crippen LogP contribution in [0, 0.1) is 0 Å². The maximum absolute atomic E-state index is 4.47. The van der Waals surface area contributed by atoms with Crippen molar-refractivity contribution in [2.24, 2.45) is 7.05 Å². The van der Waals surface area contributed by atoms with Crippen LogP contribution < -0.4 is 5.32 Å². The molecule has 3 fully saturated rings. The SMILES string of the molecule is Cn1ncnc1CN1CC2(CCCC2)NCC12CCCC2. The zero-order chi connectivity index (χ0) is 14.3. The summed E-state index contributed by atoms with van der Waals surface area (Å²) in [5.41, 5.74) is 0.756. The first kappa shape index (κ1) is 13.7. The topological polar surface area (TPSA) is 46.0 Å². The third-order valence-electron chi connectivity index (χ3n) is 6.19. The van der Waals surface area contributed by atoms with Crippen molar-refractivity contribution in [1.82, 2.24) is 25.0 Å². The maximum atomic E-state index is 4.47. The Labute approximate surface area is 127 Å². The van der Waals surface area contributed by atoms with Gasteiger partial charge in [-0.05, 0) is 25.7 Å². The second-order valence-electron chi connectivity index (χ2n) is 7.43. The average molecular weight is 289 g/mol. The first-order chi connectivity index (χ1) is 10.2. The first-order valence-electron chi connectivity index (χ1n) is 8.55. The van der Waals surface area contributed by atoms with E-state index in [-0.39, 0.29) is 0 Å². The van der Waals surface area contributed by atoms with Gasteiger partial charge in [-0.25, -0.2) is 4.98 Å². The summed E-state index contributed by atoms with van der Waals surface area (Å²) >= 11 is 0. The number of hydrogen-bond acceptors (Lipinski definition) is 4. The fourth-order valence-electron chi connectivity index (χ4n) is 4.82. The minimum Gasteiger partial charge on any atom is -0.308 e. The van der Waals surface area contributed by atoms with Crippen molar-refractivity contribution >= 4 is 0 Å². The molecule has 2 aliphatic carbocycles. The second-order valence-corrected chi connectivity index (χ2v) is 7.43. The molecular weight excluding hydrogens is 262 g/mol. The molecule has 1 aliphatic heterocycles. The molecule has 1 saturated heterocycles. The van der Waals surface area contributed by atoms with Crippen LogP contribution in [0.15, 0.2) is 6.33 Å². The van der Waals surface area contributed by atoms with Gasteiger partial charge in [0.05, 0.1) is 6.54 Å². The largest absolute Gasteiger partial charge is 0.308 e. The van der Waals surface area contributed by atoms with Crippen LogP contribution in [0.25, 0.3) is 0 Å². The molecule has 0 amide bonds. The van der Waals surface area contributed by atoms with E-state index in [2.05, 4.69) is 20.3 Å². The lowest BCUT2D eigenvalue weighted by molar-refractivity contribution is 0.000265. The van der Waals surface area contributed by atoms with E-state index < -0.39 is 0 Å². The number of nitrogens with one attached hydrogen (secondary N) is 1. The van der Waals surface area contributed by atoms with Crippen LogP contribution in [0.2, 0.25) is 0 Å². The quantitative estimate of drug-likeness (QED) is 0.902. The molecule has 0 radical (unpaired) electrons. The smallest absolute Gasteiger partial charge is 0.140 e. The van der Waals surface area contributed by atoms with Gasteiger partial charge in [0, 0.05) is 31.2 Å². The Morgan fingerprint density at radius 3 is 2.52 bits per heavy atom. The van der Waals surface area contributed by atoms with Crippen molar-refractivity contribution in [3.05, 3.63) is 12.2 Å². The van der Waals surface area contributed by atoms with Gasteiger partial charge in [-0.15, -0.1) is 0 Å². The van der Waals surface area contributed by atoms with E-state index in [1.807, 2.05) is 11.7 Å². The molecule has 4 rings (SSSR count). The van der Waals surface area contributed by atoms with Crippen LogP contribution in [0.1, 0.15) is 57.2 Å². The lowest BCUT2D eigenvalue weighted by Gasteiger charge is -2.52. The second kappa shape index (κ2) is 5.06. The summed E-state index contributed by atoms with van der Waals surface area (Å²) in [6.07, 6.45) is 12.6. The zero-order valence-electron chi connectivity index (χ0n) is 13.1. The van der Waals surface area contributed by atoms with E-state index in [1.54, 1.807) is 6.33 Å². The van der Waals surface area contributed by atoms with Gasteiger partial charge in [0.2, 0.25) is 0 Å². The number of aryl methyl sites for hydroxylation is 1. The van der Waals surface area contributed by atoms with E-state index in [9.17, 15) is 0 Å². The van der Waals surface area contributed by atoms with Gasteiger partial charge in [0.25, 0.3) is 0 Å². The molecule has 2 spiro atoms. The standard InChI is InChI=1S/C16H27N5/c1-20-14(17-13-19-20)10-21-12-15(6-2-3-7-15)18-11-16(21)8-4-5-9-16/h13,18H,2-12H2,1H3. The number of hydrogen-bond donors (Lipinski definition) is 1. The summed E-state index contributed by atoms with van der Waals surface area (Å²) in [6, 6.07) is 0. The van der Waals surface area contributed by atoms with Gasteiger partial charge in [-0.2, -0.15) is 5.10 Å². The molecule has 3 aliphatic rings. The van der Waals surface area contributed by atoms with Gasteiger partial charge < -0.3 is 5.32 Å². The number of nitrogens with zero attached hydrogens (tertiary/aromatic N) is 4. The monoisotopic (exact) mass is 289 g/mol. The molecule has 1 aromatic heterocycles. The van der Waals surface area contributed by atoms with Crippen molar-refractivity contribution in [3.8, 4) is 0 Å². The summed E-state index contributed by atoms with van der Waals surface area (Å²) < 4.78 is 1.94. The molecule has 21 heavy (non-hydrogen) atoms. The minimum atomic E-state index is 0.375. The van der Waals surface area contributed by atoms with Crippen molar-refractivity contribution in [2.45, 2.75) is 69.0 Å². The molecular formula is C16H27N5. The highest BCUT2D eigenvalue weighted by Gasteiger charge is 2.49. The van der Waals surface area contributed by atoms with Gasteiger partial charge in [-0.1, -0.05) is 25.7 Å². The molecule has 5 nitrogen and oxygen atoms in total. The highest BCUT2D eigenvalue weighted by Crippen LogP contribution is 2.43. The predicted octanol–water partition coefficient (Wildman–Crippen LogP) is 1.85. The Hall–Kier alpha value is -0.940. The normalized spacial score (nSPS) is 27.9. The Balaban J connectivity index is 1.59. The van der Waals surface area contributed by atoms with Crippen LogP contribution in [0.4, 0.5) is 0 Å². The molecule has 2 heterocycles. The fourth-order valence-corrected chi connectivity index (χ4v) is 4.82. The highest BCUT2D eigenvalue weighted by atomic mass is 15.4. The van der Waals surface area contributed by atoms with Gasteiger partial charge >= 0.3 is 0 Å². The van der Waals surface area contributed by atoms with Gasteiger partial charge in [0.1, 0.15) is 12.2 Å². The molecule has 0 atom stereocenters. The van der Waals surface area contributed by atoms with Crippen molar-refractivity contribution in [3.63, 3.8) is 0 Å². The van der Waals surface area contributed by atoms with Crippen LogP contribution in [-0.2, 0) is 13.6 Å². The third kappa shape index (κ3) is 2.30. The molecule has 1 aromatic rings. The van der Waals surface area contributed by atoms with E-state index in [0.717, 1.165) is 12.4 Å². The van der Waals surface area contributed by atoms with Crippen LogP contribution >= 0.6 is 0 Å². The minimum absolute atomic E-state index is 0.375. The van der Waals surface area contributed by atoms with Crippen molar-refractivity contribution in [1.29, 1.82) is 0 Å². The zero-order valence-corrected chi connectivity index (χ0v) is 13.1. The lowest BCUT2D eigenvalue weighted by Crippen LogP contribution is -2.68. The summed E-state index contributed by atoms with van der Waals surface area (Å²) in [5, 5.41) is 8.22. The van der Waals surface area contributed by atoms with E-state index >= 15 is 0 Å². The maximum Gasteiger partial charge on any atom is 0.140 e. The van der Waals surface area contributed by atoms with Gasteiger partial charge in [-0.3, -0.25) is 9.58 Å². The molecule has 0 aromatic carbocycles. The predicted molar refractivity (Wildman–Crippen MR) is 81.8 cm³/mol. The van der Waals surface area contributed by atoms with Crippen LogP contribution in [-0.4, -0.2) is 43.8 Å². The number of piperazine rings is 1. The summed E-state index contributed by atoms with van der Waals surface area (Å²) in [6.45, 7) is 3.32. The third-order valence-corrected chi connectivity index (χ3v) is 6.19. The van der Waals surface area contributed by atoms with Crippen molar-refractivity contribution < 1.29 is 0 Å².